The van der Waals surface area contributed by atoms with Crippen molar-refractivity contribution in [1.29, 1.82) is 0 Å². The second kappa shape index (κ2) is 6.93. The molecule has 4 nitrogen and oxygen atoms in total. The third-order valence-electron chi connectivity index (χ3n) is 3.32. The van der Waals surface area contributed by atoms with Crippen LogP contribution in [0.25, 0.3) is 0 Å². The number of nitrogens with zero attached hydrogens (tertiary/aromatic N) is 1. The van der Waals surface area contributed by atoms with Crippen molar-refractivity contribution in [2.45, 2.75) is 24.5 Å². The van der Waals surface area contributed by atoms with Crippen LogP contribution in [0.2, 0.25) is 0 Å². The van der Waals surface area contributed by atoms with Crippen molar-refractivity contribution in [1.82, 2.24) is 9.62 Å². The van der Waals surface area contributed by atoms with Gasteiger partial charge in [0.05, 0.1) is 5.75 Å². The molecule has 1 unspecified atom stereocenters. The molecule has 112 valence electrons. The Morgan fingerprint density at radius 2 is 2.15 bits per heavy atom. The molecule has 0 saturated carbocycles. The minimum atomic E-state index is -3.20. The molecule has 0 aliphatic carbocycles. The van der Waals surface area contributed by atoms with E-state index in [2.05, 4.69) is 12.2 Å². The maximum absolute atomic E-state index is 12.5. The van der Waals surface area contributed by atoms with Crippen LogP contribution in [0.15, 0.2) is 24.3 Å². The van der Waals surface area contributed by atoms with Crippen LogP contribution < -0.4 is 5.32 Å². The molecule has 1 aliphatic rings. The minimum Gasteiger partial charge on any atom is -0.316 e. The van der Waals surface area contributed by atoms with Crippen LogP contribution in [0.4, 0.5) is 0 Å². The molecule has 1 aromatic rings. The number of hydrogen-bond donors (Lipinski definition) is 1. The molecule has 0 amide bonds. The lowest BCUT2D eigenvalue weighted by molar-refractivity contribution is 0.423. The quantitative estimate of drug-likeness (QED) is 0.898. The van der Waals surface area contributed by atoms with Gasteiger partial charge in [0.15, 0.2) is 0 Å². The monoisotopic (exact) mass is 314 g/mol. The van der Waals surface area contributed by atoms with Crippen molar-refractivity contribution >= 4 is 21.8 Å². The lowest BCUT2D eigenvalue weighted by Crippen LogP contribution is -2.41. The van der Waals surface area contributed by atoms with Crippen LogP contribution in [-0.4, -0.2) is 43.9 Å². The highest BCUT2D eigenvalue weighted by molar-refractivity contribution is 8.00. The summed E-state index contributed by atoms with van der Waals surface area (Å²) in [5, 5.41) is 3.46. The Balaban J connectivity index is 2.09. The van der Waals surface area contributed by atoms with E-state index in [-0.39, 0.29) is 5.75 Å². The summed E-state index contributed by atoms with van der Waals surface area (Å²) in [6.45, 7) is 4.10. The number of nitrogens with one attached hydrogen (secondary N) is 1. The minimum absolute atomic E-state index is 0.0991. The molecule has 1 heterocycles. The van der Waals surface area contributed by atoms with Gasteiger partial charge in [-0.05, 0) is 18.2 Å². The second-order valence-corrected chi connectivity index (χ2v) is 8.66. The van der Waals surface area contributed by atoms with E-state index in [0.29, 0.717) is 18.3 Å². The van der Waals surface area contributed by atoms with Gasteiger partial charge in [-0.3, -0.25) is 0 Å². The van der Waals surface area contributed by atoms with E-state index in [1.807, 2.05) is 43.1 Å². The summed E-state index contributed by atoms with van der Waals surface area (Å²) < 4.78 is 26.6. The molecule has 2 rings (SSSR count). The van der Waals surface area contributed by atoms with Crippen molar-refractivity contribution in [3.63, 3.8) is 0 Å². The molecule has 0 aromatic heterocycles. The van der Waals surface area contributed by atoms with Crippen LogP contribution in [0, 0.1) is 0 Å². The smallest absolute Gasteiger partial charge is 0.218 e. The standard InChI is InChI=1S/C14H22N2O2S2/c1-12-10-16(6-7-19-12)20(17,18)11-14-5-3-4-13(8-14)9-15-2/h3-5,8,12,15H,6-7,9-11H2,1-2H3. The van der Waals surface area contributed by atoms with Crippen LogP contribution in [0.5, 0.6) is 0 Å². The van der Waals surface area contributed by atoms with Gasteiger partial charge >= 0.3 is 0 Å². The number of benzene rings is 1. The van der Waals surface area contributed by atoms with E-state index >= 15 is 0 Å². The first kappa shape index (κ1) is 15.8. The second-order valence-electron chi connectivity index (χ2n) is 5.15. The Kier molecular flexibility index (Phi) is 5.49. The average Bonchev–Trinajstić information content (AvgIpc) is 2.39. The Morgan fingerprint density at radius 1 is 1.40 bits per heavy atom. The van der Waals surface area contributed by atoms with Gasteiger partial charge in [0.1, 0.15) is 0 Å². The normalized spacial score (nSPS) is 21.0. The van der Waals surface area contributed by atoms with Crippen molar-refractivity contribution < 1.29 is 8.42 Å². The maximum atomic E-state index is 12.5. The van der Waals surface area contributed by atoms with Crippen LogP contribution in [0.1, 0.15) is 18.1 Å². The zero-order valence-corrected chi connectivity index (χ0v) is 13.6. The van der Waals surface area contributed by atoms with Gasteiger partial charge in [-0.25, -0.2) is 8.42 Å². The fourth-order valence-corrected chi connectivity index (χ4v) is 5.20. The lowest BCUT2D eigenvalue weighted by atomic mass is 10.1. The molecule has 1 aromatic carbocycles. The van der Waals surface area contributed by atoms with Gasteiger partial charge in [-0.1, -0.05) is 31.2 Å². The number of rotatable bonds is 5. The van der Waals surface area contributed by atoms with E-state index in [4.69, 9.17) is 0 Å². The summed E-state index contributed by atoms with van der Waals surface area (Å²) in [6.07, 6.45) is 0. The lowest BCUT2D eigenvalue weighted by Gasteiger charge is -2.29. The first-order chi connectivity index (χ1) is 9.51. The van der Waals surface area contributed by atoms with E-state index in [1.54, 1.807) is 4.31 Å². The van der Waals surface area contributed by atoms with Crippen LogP contribution in [-0.2, 0) is 22.3 Å². The Hall–Kier alpha value is -0.560. The molecule has 6 heteroatoms. The zero-order chi connectivity index (χ0) is 14.6. The van der Waals surface area contributed by atoms with Gasteiger partial charge < -0.3 is 5.32 Å². The maximum Gasteiger partial charge on any atom is 0.218 e. The molecule has 1 aliphatic heterocycles. The highest BCUT2D eigenvalue weighted by Crippen LogP contribution is 2.22. The van der Waals surface area contributed by atoms with E-state index in [0.717, 1.165) is 23.4 Å². The first-order valence-corrected chi connectivity index (χ1v) is 9.49. The summed E-state index contributed by atoms with van der Waals surface area (Å²) in [6, 6.07) is 7.79. The van der Waals surface area contributed by atoms with E-state index in [1.165, 1.54) is 0 Å². The van der Waals surface area contributed by atoms with E-state index < -0.39 is 10.0 Å². The first-order valence-electron chi connectivity index (χ1n) is 6.83. The topological polar surface area (TPSA) is 49.4 Å². The number of sulfonamides is 1. The Labute approximate surface area is 126 Å². The number of thioether (sulfide) groups is 1. The van der Waals surface area contributed by atoms with Gasteiger partial charge in [0.2, 0.25) is 10.0 Å². The molecule has 0 spiro atoms. The van der Waals surface area contributed by atoms with Crippen molar-refractivity contribution in [2.75, 3.05) is 25.9 Å². The van der Waals surface area contributed by atoms with Gasteiger partial charge in [0.25, 0.3) is 0 Å². The highest BCUT2D eigenvalue weighted by atomic mass is 32.2. The summed E-state index contributed by atoms with van der Waals surface area (Å²) in [5.74, 6) is 0.988. The molecular weight excluding hydrogens is 292 g/mol. The molecule has 1 fully saturated rings. The SMILES string of the molecule is CNCc1cccc(CS(=O)(=O)N2CCSC(C)C2)c1. The van der Waals surface area contributed by atoms with Gasteiger partial charge in [0, 0.05) is 30.6 Å². The van der Waals surface area contributed by atoms with Gasteiger partial charge in [-0.15, -0.1) is 0 Å². The Bertz CT molecular complexity index is 546. The molecule has 1 saturated heterocycles. The Morgan fingerprint density at radius 3 is 2.85 bits per heavy atom. The summed E-state index contributed by atoms with van der Waals surface area (Å²) in [5.41, 5.74) is 1.98. The van der Waals surface area contributed by atoms with Crippen LogP contribution >= 0.6 is 11.8 Å². The largest absolute Gasteiger partial charge is 0.316 e. The van der Waals surface area contributed by atoms with Gasteiger partial charge in [-0.2, -0.15) is 16.1 Å². The average molecular weight is 314 g/mol. The fourth-order valence-electron chi connectivity index (χ4n) is 2.37. The fraction of sp³-hybridized carbons (Fsp3) is 0.571. The number of hydrogen-bond acceptors (Lipinski definition) is 4. The predicted molar refractivity (Wildman–Crippen MR) is 85.3 cm³/mol. The van der Waals surface area contributed by atoms with Crippen molar-refractivity contribution in [3.8, 4) is 0 Å². The molecule has 1 N–H and O–H groups in total. The molecule has 0 bridgehead atoms. The third-order valence-corrected chi connectivity index (χ3v) is 6.27. The van der Waals surface area contributed by atoms with Crippen molar-refractivity contribution in [2.24, 2.45) is 0 Å². The molecule has 20 heavy (non-hydrogen) atoms. The highest BCUT2D eigenvalue weighted by Gasteiger charge is 2.27. The summed E-state index contributed by atoms with van der Waals surface area (Å²) in [7, 11) is -1.32. The summed E-state index contributed by atoms with van der Waals surface area (Å²) >= 11 is 1.84. The van der Waals surface area contributed by atoms with Crippen molar-refractivity contribution in [3.05, 3.63) is 35.4 Å². The predicted octanol–water partition coefficient (Wildman–Crippen LogP) is 1.67. The molecule has 1 atom stereocenters. The molecule has 0 radical (unpaired) electrons. The van der Waals surface area contributed by atoms with Crippen LogP contribution in [0.3, 0.4) is 0 Å². The third kappa shape index (κ3) is 4.22. The summed E-state index contributed by atoms with van der Waals surface area (Å²) in [4.78, 5) is 0. The van der Waals surface area contributed by atoms with E-state index in [9.17, 15) is 8.42 Å². The molecular formula is C14H22N2O2S2. The zero-order valence-electron chi connectivity index (χ0n) is 12.0.